The van der Waals surface area contributed by atoms with Crippen LogP contribution in [0.3, 0.4) is 0 Å². The third kappa shape index (κ3) is 5.83. The van der Waals surface area contributed by atoms with Crippen LogP contribution in [-0.2, 0) is 0 Å². The van der Waals surface area contributed by atoms with Crippen molar-refractivity contribution in [3.63, 3.8) is 0 Å². The maximum atomic E-state index is 9.18. The third-order valence-corrected chi connectivity index (χ3v) is 10.4. The van der Waals surface area contributed by atoms with E-state index in [1.807, 2.05) is 91.0 Å². The summed E-state index contributed by atoms with van der Waals surface area (Å²) in [6.07, 6.45) is 0. The molecule has 0 radical (unpaired) electrons. The van der Waals surface area contributed by atoms with E-state index in [1.165, 1.54) is 0 Å². The third-order valence-electron chi connectivity index (χ3n) is 10.4. The van der Waals surface area contributed by atoms with Crippen LogP contribution in [0.15, 0.2) is 206 Å². The molecule has 9 aromatic carbocycles. The number of fused-ring (bicyclic) bond motifs is 5. The van der Waals surface area contributed by atoms with Crippen molar-refractivity contribution >= 4 is 43.4 Å². The van der Waals surface area contributed by atoms with Gasteiger partial charge in [-0.15, -0.1) is 0 Å². The molecule has 0 N–H and O–H groups in total. The highest BCUT2D eigenvalue weighted by atomic mass is 15.0. The Morgan fingerprint density at radius 2 is 0.982 bits per heavy atom. The monoisotopic (exact) mass is 735 g/mol. The van der Waals surface area contributed by atoms with Crippen LogP contribution in [0, 0.1) is 0 Å². The highest BCUT2D eigenvalue weighted by molar-refractivity contribution is 6.10. The van der Waals surface area contributed by atoms with Gasteiger partial charge in [0.15, 0.2) is 17.5 Å². The molecule has 0 aliphatic carbocycles. The summed E-state index contributed by atoms with van der Waals surface area (Å²) < 4.78 is 79.6. The Labute approximate surface area is 342 Å². The molecule has 4 heteroatoms. The van der Waals surface area contributed by atoms with Gasteiger partial charge < -0.3 is 4.57 Å². The summed E-state index contributed by atoms with van der Waals surface area (Å²) in [5.74, 6) is 1.29. The summed E-state index contributed by atoms with van der Waals surface area (Å²) in [5.41, 5.74) is 5.94. The van der Waals surface area contributed by atoms with Crippen molar-refractivity contribution in [3.05, 3.63) is 206 Å². The van der Waals surface area contributed by atoms with Gasteiger partial charge in [-0.05, 0) is 80.2 Å². The predicted molar refractivity (Wildman–Crippen MR) is 236 cm³/mol. The van der Waals surface area contributed by atoms with Crippen LogP contribution in [0.2, 0.25) is 0 Å². The molecule has 0 bridgehead atoms. The minimum Gasteiger partial charge on any atom is -0.309 e. The topological polar surface area (TPSA) is 43.6 Å². The molecule has 0 spiro atoms. The molecule has 0 aliphatic rings. The Balaban J connectivity index is 1.13. The molecule has 266 valence electrons. The summed E-state index contributed by atoms with van der Waals surface area (Å²) in [6, 6.07) is 45.7. The zero-order valence-corrected chi connectivity index (χ0v) is 30.2. The van der Waals surface area contributed by atoms with E-state index in [4.69, 9.17) is 25.9 Å². The van der Waals surface area contributed by atoms with E-state index in [0.29, 0.717) is 45.2 Å². The first-order valence-corrected chi connectivity index (χ1v) is 18.5. The van der Waals surface area contributed by atoms with Crippen molar-refractivity contribution in [2.24, 2.45) is 0 Å². The van der Waals surface area contributed by atoms with Crippen molar-refractivity contribution < 1.29 is 12.3 Å². The van der Waals surface area contributed by atoms with E-state index < -0.39 is 24.2 Å². The van der Waals surface area contributed by atoms with Crippen LogP contribution in [0.25, 0.3) is 105 Å². The molecule has 0 amide bonds. The highest BCUT2D eigenvalue weighted by Gasteiger charge is 2.18. The highest BCUT2D eigenvalue weighted by Crippen LogP contribution is 2.37. The molecular weight excluding hydrogens is 693 g/mol. The SMILES string of the molecule is [2H]c1c([2H])c([2H])c(-c2ccc3c4c([2H])c([2H])c([2H])c([2H])c4n(-c4cccc(-c5nc(-c6ccc7cc(-c8ccccc8)ccc7c6)nc(-c6cccc7ccccc67)n5)c4)c3c2)c([2H])c1[2H]. The number of aromatic nitrogens is 4. The molecule has 0 unspecified atom stereocenters. The van der Waals surface area contributed by atoms with Crippen molar-refractivity contribution in [1.29, 1.82) is 0 Å². The van der Waals surface area contributed by atoms with Crippen molar-refractivity contribution in [1.82, 2.24) is 19.5 Å². The minimum atomic E-state index is -0.507. The largest absolute Gasteiger partial charge is 0.309 e. The lowest BCUT2D eigenvalue weighted by Gasteiger charge is -2.13. The molecule has 0 saturated heterocycles. The molecule has 11 aromatic rings. The fourth-order valence-corrected chi connectivity index (χ4v) is 7.69. The molecule has 11 rings (SSSR count). The summed E-state index contributed by atoms with van der Waals surface area (Å²) in [4.78, 5) is 15.3. The van der Waals surface area contributed by atoms with Gasteiger partial charge in [0, 0.05) is 33.2 Å². The molecule has 0 atom stereocenters. The van der Waals surface area contributed by atoms with E-state index in [0.717, 1.165) is 43.8 Å². The number of para-hydroxylation sites is 1. The molecule has 0 aliphatic heterocycles. The molecular formula is C53H34N4. The van der Waals surface area contributed by atoms with Gasteiger partial charge in [-0.2, -0.15) is 0 Å². The molecule has 57 heavy (non-hydrogen) atoms. The summed E-state index contributed by atoms with van der Waals surface area (Å²) >= 11 is 0. The van der Waals surface area contributed by atoms with Crippen molar-refractivity contribution in [3.8, 4) is 62.1 Å². The number of benzene rings is 9. The van der Waals surface area contributed by atoms with Crippen molar-refractivity contribution in [2.75, 3.05) is 0 Å². The Bertz CT molecular complexity index is 3800. The van der Waals surface area contributed by atoms with E-state index >= 15 is 0 Å². The first kappa shape index (κ1) is 24.7. The summed E-state index contributed by atoms with van der Waals surface area (Å²) in [5, 5.41) is 4.85. The van der Waals surface area contributed by atoms with Crippen LogP contribution in [-0.4, -0.2) is 19.5 Å². The van der Waals surface area contributed by atoms with E-state index in [2.05, 4.69) is 42.5 Å². The van der Waals surface area contributed by atoms with Gasteiger partial charge in [0.05, 0.1) is 23.4 Å². The normalized spacial score (nSPS) is 13.7. The standard InChI is InChI=1S/C53H34N4/c1-3-13-35(14-4-1)38-25-26-40-32-43(28-27-39(40)31-38)52-54-51(55-53(56-52)48-23-12-18-37-17-7-8-21-45(37)48)42-19-11-20-44(33-42)57-49-24-10-9-22-46(49)47-30-29-41(34-50(47)57)36-15-5-2-6-16-36/h1-34H/i2D,5D,6D,9D,10D,15D,16D,22D,24D. The van der Waals surface area contributed by atoms with Crippen LogP contribution in [0.4, 0.5) is 0 Å². The van der Waals surface area contributed by atoms with Crippen LogP contribution >= 0.6 is 0 Å². The number of hydrogen-bond donors (Lipinski definition) is 0. The first-order chi connectivity index (χ1) is 32.0. The van der Waals surface area contributed by atoms with E-state index in [1.54, 1.807) is 22.8 Å². The summed E-state index contributed by atoms with van der Waals surface area (Å²) in [6.45, 7) is 0. The lowest BCUT2D eigenvalue weighted by molar-refractivity contribution is 1.07. The van der Waals surface area contributed by atoms with Gasteiger partial charge in [-0.3, -0.25) is 0 Å². The minimum absolute atomic E-state index is 0.00276. The quantitative estimate of drug-likeness (QED) is 0.171. The molecule has 4 nitrogen and oxygen atoms in total. The van der Waals surface area contributed by atoms with Gasteiger partial charge in [0.1, 0.15) is 0 Å². The summed E-state index contributed by atoms with van der Waals surface area (Å²) in [7, 11) is 0. The molecule has 2 aromatic heterocycles. The lowest BCUT2D eigenvalue weighted by atomic mass is 10.00. The predicted octanol–water partition coefficient (Wildman–Crippen LogP) is 13.6. The number of rotatable bonds is 6. The Morgan fingerprint density at radius 3 is 1.84 bits per heavy atom. The zero-order valence-electron chi connectivity index (χ0n) is 39.2. The second-order valence-electron chi connectivity index (χ2n) is 13.8. The second kappa shape index (κ2) is 13.6. The maximum absolute atomic E-state index is 9.18. The van der Waals surface area contributed by atoms with Crippen molar-refractivity contribution in [2.45, 2.75) is 0 Å². The number of nitrogens with zero attached hydrogens (tertiary/aromatic N) is 4. The van der Waals surface area contributed by atoms with Gasteiger partial charge in [-0.1, -0.05) is 170 Å². The van der Waals surface area contributed by atoms with Crippen LogP contribution in [0.1, 0.15) is 12.3 Å². The fourth-order valence-electron chi connectivity index (χ4n) is 7.69. The molecule has 2 heterocycles. The smallest absolute Gasteiger partial charge is 0.164 e. The molecule has 0 saturated carbocycles. The number of hydrogen-bond acceptors (Lipinski definition) is 3. The molecule has 0 fully saturated rings. The fraction of sp³-hybridized carbons (Fsp3) is 0. The van der Waals surface area contributed by atoms with Gasteiger partial charge in [0.25, 0.3) is 0 Å². The average Bonchev–Trinajstić information content (AvgIpc) is 3.70. The van der Waals surface area contributed by atoms with Gasteiger partial charge in [-0.25, -0.2) is 15.0 Å². The average molecular weight is 736 g/mol. The van der Waals surface area contributed by atoms with Crippen LogP contribution < -0.4 is 0 Å². The zero-order chi connectivity index (χ0) is 45.5. The van der Waals surface area contributed by atoms with Crippen LogP contribution in [0.5, 0.6) is 0 Å². The Hall–Kier alpha value is -7.69. The van der Waals surface area contributed by atoms with Gasteiger partial charge >= 0.3 is 0 Å². The Morgan fingerprint density at radius 1 is 0.351 bits per heavy atom. The maximum Gasteiger partial charge on any atom is 0.164 e. The van der Waals surface area contributed by atoms with E-state index in [-0.39, 0.29) is 46.7 Å². The first-order valence-electron chi connectivity index (χ1n) is 23.0. The lowest BCUT2D eigenvalue weighted by Crippen LogP contribution is -2.01. The van der Waals surface area contributed by atoms with E-state index in [9.17, 15) is 1.37 Å². The second-order valence-corrected chi connectivity index (χ2v) is 13.8. The Kier molecular flexibility index (Phi) is 5.87. The van der Waals surface area contributed by atoms with Gasteiger partial charge in [0.2, 0.25) is 0 Å².